The van der Waals surface area contributed by atoms with Crippen LogP contribution in [0.4, 0.5) is 0 Å². The number of imidazole rings is 1. The van der Waals surface area contributed by atoms with E-state index in [9.17, 15) is 4.79 Å². The second-order valence-electron chi connectivity index (χ2n) is 12.4. The van der Waals surface area contributed by atoms with Crippen LogP contribution in [0.25, 0.3) is 55.2 Å². The number of fused-ring (bicyclic) bond motifs is 4. The van der Waals surface area contributed by atoms with Gasteiger partial charge in [0.1, 0.15) is 23.2 Å². The lowest BCUT2D eigenvalue weighted by atomic mass is 9.98. The van der Waals surface area contributed by atoms with Crippen LogP contribution in [0.2, 0.25) is 0 Å². The van der Waals surface area contributed by atoms with Crippen LogP contribution in [-0.4, -0.2) is 20.8 Å². The predicted octanol–water partition coefficient (Wildman–Crippen LogP) is 8.61. The number of hydrogen-bond donors (Lipinski definition) is 1. The van der Waals surface area contributed by atoms with E-state index in [1.807, 2.05) is 67.7 Å². The molecule has 0 fully saturated rings. The Hall–Kier alpha value is -6.47. The Morgan fingerprint density at radius 2 is 1.29 bits per heavy atom. The average molecular weight is 638 g/mol. The Morgan fingerprint density at radius 3 is 2.14 bits per heavy atom. The summed E-state index contributed by atoms with van der Waals surface area (Å²) in [5.74, 6) is 1.40. The largest absolute Gasteiger partial charge is 0.456 e. The number of rotatable bonds is 5. The zero-order valence-corrected chi connectivity index (χ0v) is 27.0. The number of nitrogens with one attached hydrogen (secondary N) is 1. The second kappa shape index (κ2) is 11.3. The van der Waals surface area contributed by atoms with Gasteiger partial charge < -0.3 is 9.73 Å². The molecule has 0 bridgehead atoms. The van der Waals surface area contributed by atoms with Gasteiger partial charge in [-0.3, -0.25) is 9.13 Å². The third-order valence-corrected chi connectivity index (χ3v) is 9.46. The molecule has 0 amide bonds. The highest BCUT2D eigenvalue weighted by atomic mass is 16.3. The molecule has 0 saturated heterocycles. The molecule has 1 unspecified atom stereocenters. The fourth-order valence-electron chi connectivity index (χ4n) is 6.88. The number of aromatic nitrogens is 2. The summed E-state index contributed by atoms with van der Waals surface area (Å²) in [7, 11) is 3.61. The molecular formula is C42H31N5O2. The molecule has 1 aliphatic heterocycles. The topological polar surface area (TPSA) is 76.8 Å². The minimum atomic E-state index is -0.312. The molecule has 0 radical (unpaired) electrons. The number of aliphatic imine (C=N–C) groups is 2. The van der Waals surface area contributed by atoms with Gasteiger partial charge in [0, 0.05) is 36.0 Å². The predicted molar refractivity (Wildman–Crippen MR) is 198 cm³/mol. The summed E-state index contributed by atoms with van der Waals surface area (Å²) in [5.41, 5.74) is 10.7. The van der Waals surface area contributed by atoms with Crippen molar-refractivity contribution in [3.05, 3.63) is 167 Å². The van der Waals surface area contributed by atoms with Gasteiger partial charge in [-0.1, -0.05) is 109 Å². The first-order valence-electron chi connectivity index (χ1n) is 16.3. The SMILES string of the molecule is Cn1c(=O)n(C)c2cc(-c3cccc(C4=NC(c5ccc(-c6cccc7oc8ccccc8c67)cc5)=NC(c5ccccc5)N4)c3)ccc21. The van der Waals surface area contributed by atoms with Gasteiger partial charge in [0.25, 0.3) is 0 Å². The van der Waals surface area contributed by atoms with E-state index in [4.69, 9.17) is 14.4 Å². The van der Waals surface area contributed by atoms with Gasteiger partial charge in [-0.05, 0) is 58.1 Å². The summed E-state index contributed by atoms with van der Waals surface area (Å²) in [6.07, 6.45) is -0.312. The first-order chi connectivity index (χ1) is 24.0. The minimum Gasteiger partial charge on any atom is -0.456 e. The van der Waals surface area contributed by atoms with E-state index in [0.29, 0.717) is 5.84 Å². The van der Waals surface area contributed by atoms with Crippen LogP contribution >= 0.6 is 0 Å². The van der Waals surface area contributed by atoms with Gasteiger partial charge in [0.15, 0.2) is 5.84 Å². The molecule has 0 spiro atoms. The van der Waals surface area contributed by atoms with Crippen molar-refractivity contribution in [2.45, 2.75) is 6.17 Å². The van der Waals surface area contributed by atoms with Gasteiger partial charge in [0.2, 0.25) is 0 Å². The van der Waals surface area contributed by atoms with Crippen LogP contribution in [0.5, 0.6) is 0 Å². The Kier molecular flexibility index (Phi) is 6.65. The molecule has 9 rings (SSSR count). The normalized spacial score (nSPS) is 14.6. The van der Waals surface area contributed by atoms with E-state index >= 15 is 0 Å². The molecule has 7 nitrogen and oxygen atoms in total. The molecule has 49 heavy (non-hydrogen) atoms. The summed E-state index contributed by atoms with van der Waals surface area (Å²) < 4.78 is 9.51. The molecule has 3 heterocycles. The lowest BCUT2D eigenvalue weighted by molar-refractivity contribution is 0.669. The number of hydrogen-bond acceptors (Lipinski definition) is 5. The van der Waals surface area contributed by atoms with Crippen molar-refractivity contribution in [1.82, 2.24) is 14.5 Å². The monoisotopic (exact) mass is 637 g/mol. The maximum atomic E-state index is 12.6. The number of furan rings is 1. The highest BCUT2D eigenvalue weighted by Crippen LogP contribution is 2.37. The van der Waals surface area contributed by atoms with E-state index < -0.39 is 0 Å². The Balaban J connectivity index is 1.11. The molecule has 1 atom stereocenters. The summed E-state index contributed by atoms with van der Waals surface area (Å²) in [4.78, 5) is 22.7. The number of amidine groups is 2. The van der Waals surface area contributed by atoms with Gasteiger partial charge >= 0.3 is 5.69 Å². The first-order valence-corrected chi connectivity index (χ1v) is 16.3. The average Bonchev–Trinajstić information content (AvgIpc) is 3.65. The molecule has 6 aromatic carbocycles. The Morgan fingerprint density at radius 1 is 0.612 bits per heavy atom. The molecule has 236 valence electrons. The molecule has 1 aliphatic rings. The van der Waals surface area contributed by atoms with Crippen LogP contribution in [0.1, 0.15) is 22.9 Å². The molecule has 0 saturated carbocycles. The van der Waals surface area contributed by atoms with Crippen molar-refractivity contribution in [3.8, 4) is 22.3 Å². The molecule has 2 aromatic heterocycles. The maximum absolute atomic E-state index is 12.6. The van der Waals surface area contributed by atoms with E-state index in [0.717, 1.165) is 77.8 Å². The van der Waals surface area contributed by atoms with Crippen LogP contribution in [0.15, 0.2) is 159 Å². The standard InChI is InChI=1S/C42H31N5O2/c1-46-34-23-22-30(25-35(34)47(2)42(46)48)29-12-8-13-31(24-29)41-44-39(27-10-4-3-5-11-27)43-40(45-41)28-20-18-26(19-21-28)32-15-9-17-37-38(32)33-14-6-7-16-36(33)49-37/h3-25,39H,1-2H3,(H,43,44,45). The van der Waals surface area contributed by atoms with Crippen molar-refractivity contribution in [3.63, 3.8) is 0 Å². The van der Waals surface area contributed by atoms with Gasteiger partial charge in [-0.15, -0.1) is 0 Å². The zero-order valence-electron chi connectivity index (χ0n) is 27.0. The third-order valence-electron chi connectivity index (χ3n) is 9.46. The van der Waals surface area contributed by atoms with Crippen molar-refractivity contribution >= 4 is 44.6 Å². The molecule has 1 N–H and O–H groups in total. The zero-order chi connectivity index (χ0) is 33.1. The minimum absolute atomic E-state index is 0.0412. The summed E-state index contributed by atoms with van der Waals surface area (Å²) >= 11 is 0. The van der Waals surface area contributed by atoms with Crippen LogP contribution < -0.4 is 11.0 Å². The van der Waals surface area contributed by atoms with Crippen molar-refractivity contribution in [1.29, 1.82) is 0 Å². The quantitative estimate of drug-likeness (QED) is 0.205. The van der Waals surface area contributed by atoms with E-state index in [1.54, 1.807) is 16.2 Å². The first kappa shape index (κ1) is 28.7. The van der Waals surface area contributed by atoms with E-state index in [1.165, 1.54) is 0 Å². The Labute approximate surface area is 282 Å². The second-order valence-corrected chi connectivity index (χ2v) is 12.4. The van der Waals surface area contributed by atoms with Gasteiger partial charge in [-0.2, -0.15) is 0 Å². The molecule has 0 aliphatic carbocycles. The van der Waals surface area contributed by atoms with Crippen molar-refractivity contribution < 1.29 is 4.42 Å². The van der Waals surface area contributed by atoms with Crippen LogP contribution in [0.3, 0.4) is 0 Å². The number of para-hydroxylation sites is 1. The smallest absolute Gasteiger partial charge is 0.328 e. The fourth-order valence-corrected chi connectivity index (χ4v) is 6.88. The van der Waals surface area contributed by atoms with E-state index in [-0.39, 0.29) is 11.9 Å². The highest BCUT2D eigenvalue weighted by Gasteiger charge is 2.22. The lowest BCUT2D eigenvalue weighted by Crippen LogP contribution is -2.33. The Bertz CT molecular complexity index is 2680. The summed E-state index contributed by atoms with van der Waals surface area (Å²) in [6.45, 7) is 0. The van der Waals surface area contributed by atoms with E-state index in [2.05, 4.69) is 84.2 Å². The molecule has 8 aromatic rings. The van der Waals surface area contributed by atoms with Crippen LogP contribution in [-0.2, 0) is 14.1 Å². The number of aryl methyl sites for hydroxylation is 2. The molecule has 7 heteroatoms. The van der Waals surface area contributed by atoms with Crippen molar-refractivity contribution in [2.75, 3.05) is 0 Å². The fraction of sp³-hybridized carbons (Fsp3) is 0.0714. The van der Waals surface area contributed by atoms with Gasteiger partial charge in [-0.25, -0.2) is 14.8 Å². The third kappa shape index (κ3) is 4.86. The van der Waals surface area contributed by atoms with Crippen LogP contribution in [0, 0.1) is 0 Å². The maximum Gasteiger partial charge on any atom is 0.328 e. The number of benzene rings is 6. The lowest BCUT2D eigenvalue weighted by Gasteiger charge is -2.24. The summed E-state index contributed by atoms with van der Waals surface area (Å²) in [5, 5.41) is 5.81. The highest BCUT2D eigenvalue weighted by molar-refractivity contribution is 6.14. The summed E-state index contributed by atoms with van der Waals surface area (Å²) in [6, 6.07) is 47.5. The van der Waals surface area contributed by atoms with Crippen molar-refractivity contribution in [2.24, 2.45) is 24.1 Å². The molecular weight excluding hydrogens is 606 g/mol. The van der Waals surface area contributed by atoms with Gasteiger partial charge in [0.05, 0.1) is 11.0 Å². The number of nitrogens with zero attached hydrogens (tertiary/aromatic N) is 4.